The van der Waals surface area contributed by atoms with E-state index in [1.807, 2.05) is 18.2 Å². The first-order valence-electron chi connectivity index (χ1n) is 4.20. The Morgan fingerprint density at radius 2 is 1.19 bits per heavy atom. The van der Waals surface area contributed by atoms with Crippen molar-refractivity contribution in [2.45, 2.75) is 0 Å². The molecule has 0 saturated heterocycles. The van der Waals surface area contributed by atoms with Gasteiger partial charge >= 0.3 is 6.16 Å². The maximum atomic E-state index is 8.56. The van der Waals surface area contributed by atoms with E-state index in [9.17, 15) is 0 Å². The Bertz CT molecular complexity index is 267. The summed E-state index contributed by atoms with van der Waals surface area (Å²) in [5.41, 5.74) is 0. The standard InChI is InChI=1S/C5H5N.C4H4N2.CH2O3/c1-2-4-6-5-3-1;1-2-5-4-6-3-1;2-1(3)4/h1-5H;1-4H;(H2,2,3,4). The molecule has 84 valence electrons. The molecule has 0 aromatic carbocycles. The van der Waals surface area contributed by atoms with E-state index in [1.165, 1.54) is 6.33 Å². The first-order chi connectivity index (χ1) is 7.73. The van der Waals surface area contributed by atoms with Crippen molar-refractivity contribution >= 4 is 6.16 Å². The molecular formula is C10H11N3O3. The highest BCUT2D eigenvalue weighted by atomic mass is 16.6. The summed E-state index contributed by atoms with van der Waals surface area (Å²) in [7, 11) is 0. The van der Waals surface area contributed by atoms with Crippen LogP contribution in [-0.4, -0.2) is 31.3 Å². The lowest BCUT2D eigenvalue weighted by molar-refractivity contribution is 0.137. The van der Waals surface area contributed by atoms with Gasteiger partial charge in [-0.05, 0) is 18.2 Å². The molecule has 0 aliphatic rings. The van der Waals surface area contributed by atoms with E-state index in [4.69, 9.17) is 15.0 Å². The minimum Gasteiger partial charge on any atom is -0.450 e. The predicted molar refractivity (Wildman–Crippen MR) is 56.9 cm³/mol. The molecule has 0 aliphatic carbocycles. The van der Waals surface area contributed by atoms with Crippen LogP contribution >= 0.6 is 0 Å². The first kappa shape index (κ1) is 13.5. The van der Waals surface area contributed by atoms with Crippen LogP contribution in [0.25, 0.3) is 0 Å². The number of hydrogen-bond acceptors (Lipinski definition) is 4. The molecule has 0 amide bonds. The molecule has 0 bridgehead atoms. The third-order valence-electron chi connectivity index (χ3n) is 1.04. The van der Waals surface area contributed by atoms with Crippen molar-refractivity contribution in [1.82, 2.24) is 15.0 Å². The molecule has 6 heteroatoms. The van der Waals surface area contributed by atoms with Crippen LogP contribution in [0.1, 0.15) is 0 Å². The second-order valence-electron chi connectivity index (χ2n) is 2.21. The van der Waals surface area contributed by atoms with Gasteiger partial charge in [0.2, 0.25) is 0 Å². The summed E-state index contributed by atoms with van der Waals surface area (Å²) in [6.45, 7) is 0. The highest BCUT2D eigenvalue weighted by Gasteiger charge is 1.70. The molecule has 0 radical (unpaired) electrons. The van der Waals surface area contributed by atoms with Crippen molar-refractivity contribution in [3.8, 4) is 0 Å². The van der Waals surface area contributed by atoms with Gasteiger partial charge in [0.25, 0.3) is 0 Å². The molecular weight excluding hydrogens is 210 g/mol. The van der Waals surface area contributed by atoms with Crippen LogP contribution in [0.15, 0.2) is 55.4 Å². The Balaban J connectivity index is 0.000000217. The lowest BCUT2D eigenvalue weighted by atomic mass is 10.5. The van der Waals surface area contributed by atoms with Crippen LogP contribution in [0.2, 0.25) is 0 Å². The van der Waals surface area contributed by atoms with Gasteiger partial charge in [0.05, 0.1) is 0 Å². The van der Waals surface area contributed by atoms with E-state index in [-0.39, 0.29) is 0 Å². The fraction of sp³-hybridized carbons (Fsp3) is 0. The number of aromatic nitrogens is 3. The molecule has 0 unspecified atom stereocenters. The second kappa shape index (κ2) is 10.6. The first-order valence-corrected chi connectivity index (χ1v) is 4.20. The highest BCUT2D eigenvalue weighted by molar-refractivity contribution is 5.53. The number of hydrogen-bond donors (Lipinski definition) is 2. The van der Waals surface area contributed by atoms with Gasteiger partial charge in [0, 0.05) is 24.8 Å². The van der Waals surface area contributed by atoms with E-state index >= 15 is 0 Å². The largest absolute Gasteiger partial charge is 0.503 e. The number of rotatable bonds is 0. The lowest BCUT2D eigenvalue weighted by Crippen LogP contribution is -1.81. The highest BCUT2D eigenvalue weighted by Crippen LogP contribution is 1.73. The minimum atomic E-state index is -1.83. The third kappa shape index (κ3) is 14.0. The Hall–Kier alpha value is -2.50. The van der Waals surface area contributed by atoms with E-state index in [0.29, 0.717) is 0 Å². The number of carbonyl (C=O) groups is 1. The summed E-state index contributed by atoms with van der Waals surface area (Å²) < 4.78 is 0. The van der Waals surface area contributed by atoms with Gasteiger partial charge in [-0.15, -0.1) is 0 Å². The SMILES string of the molecule is O=C(O)O.c1ccncc1.c1cncnc1. The van der Waals surface area contributed by atoms with Crippen molar-refractivity contribution in [1.29, 1.82) is 0 Å². The van der Waals surface area contributed by atoms with Crippen LogP contribution in [0.3, 0.4) is 0 Å². The van der Waals surface area contributed by atoms with Gasteiger partial charge in [-0.25, -0.2) is 14.8 Å². The van der Waals surface area contributed by atoms with Gasteiger partial charge < -0.3 is 10.2 Å². The molecule has 2 aromatic heterocycles. The summed E-state index contributed by atoms with van der Waals surface area (Å²) in [5, 5.41) is 13.9. The van der Waals surface area contributed by atoms with Crippen molar-refractivity contribution in [3.63, 3.8) is 0 Å². The quantitative estimate of drug-likeness (QED) is 0.703. The van der Waals surface area contributed by atoms with E-state index in [2.05, 4.69) is 15.0 Å². The molecule has 0 aliphatic heterocycles. The Morgan fingerprint density at radius 3 is 1.31 bits per heavy atom. The molecule has 16 heavy (non-hydrogen) atoms. The van der Waals surface area contributed by atoms with Crippen molar-refractivity contribution < 1.29 is 15.0 Å². The summed E-state index contributed by atoms with van der Waals surface area (Å²) in [4.78, 5) is 19.7. The lowest BCUT2D eigenvalue weighted by Gasteiger charge is -1.70. The maximum absolute atomic E-state index is 8.56. The zero-order valence-corrected chi connectivity index (χ0v) is 8.34. The second-order valence-corrected chi connectivity index (χ2v) is 2.21. The Kier molecular flexibility index (Phi) is 8.93. The van der Waals surface area contributed by atoms with Crippen molar-refractivity contribution in [2.75, 3.05) is 0 Å². The molecule has 2 N–H and O–H groups in total. The zero-order chi connectivity index (χ0) is 12.1. The van der Waals surface area contributed by atoms with Crippen LogP contribution < -0.4 is 0 Å². The summed E-state index contributed by atoms with van der Waals surface area (Å²) >= 11 is 0. The molecule has 0 atom stereocenters. The Labute approximate surface area is 92.3 Å². The monoisotopic (exact) mass is 221 g/mol. The fourth-order valence-electron chi connectivity index (χ4n) is 0.566. The average molecular weight is 221 g/mol. The molecule has 2 aromatic rings. The van der Waals surface area contributed by atoms with E-state index < -0.39 is 6.16 Å². The smallest absolute Gasteiger partial charge is 0.450 e. The maximum Gasteiger partial charge on any atom is 0.503 e. The zero-order valence-electron chi connectivity index (χ0n) is 8.34. The molecule has 0 spiro atoms. The van der Waals surface area contributed by atoms with Gasteiger partial charge in [0.1, 0.15) is 6.33 Å². The average Bonchev–Trinajstić information content (AvgIpc) is 2.34. The third-order valence-corrected chi connectivity index (χ3v) is 1.04. The van der Waals surface area contributed by atoms with Crippen LogP contribution in [0.5, 0.6) is 0 Å². The number of carboxylic acid groups (broad SMARTS) is 2. The van der Waals surface area contributed by atoms with Crippen molar-refractivity contribution in [2.24, 2.45) is 0 Å². The fourth-order valence-corrected chi connectivity index (χ4v) is 0.566. The number of nitrogens with zero attached hydrogens (tertiary/aromatic N) is 3. The number of pyridine rings is 1. The molecule has 6 nitrogen and oxygen atoms in total. The van der Waals surface area contributed by atoms with Crippen molar-refractivity contribution in [3.05, 3.63) is 55.4 Å². The summed E-state index contributed by atoms with van der Waals surface area (Å²) in [6, 6.07) is 7.49. The van der Waals surface area contributed by atoms with Gasteiger partial charge in [-0.2, -0.15) is 0 Å². The van der Waals surface area contributed by atoms with Gasteiger partial charge in [0.15, 0.2) is 0 Å². The van der Waals surface area contributed by atoms with Gasteiger partial charge in [-0.1, -0.05) is 6.07 Å². The summed E-state index contributed by atoms with van der Waals surface area (Å²) in [5.74, 6) is 0. The molecule has 2 heterocycles. The van der Waals surface area contributed by atoms with E-state index in [1.54, 1.807) is 30.9 Å². The van der Waals surface area contributed by atoms with Crippen LogP contribution in [0.4, 0.5) is 4.79 Å². The van der Waals surface area contributed by atoms with E-state index in [0.717, 1.165) is 0 Å². The molecule has 0 saturated carbocycles. The molecule has 2 rings (SSSR count). The Morgan fingerprint density at radius 1 is 0.750 bits per heavy atom. The molecule has 0 fully saturated rings. The van der Waals surface area contributed by atoms with Crippen LogP contribution in [-0.2, 0) is 0 Å². The van der Waals surface area contributed by atoms with Crippen LogP contribution in [0, 0.1) is 0 Å². The summed E-state index contributed by atoms with van der Waals surface area (Å²) in [6.07, 6.45) is 6.54. The minimum absolute atomic E-state index is 1.50. The topological polar surface area (TPSA) is 96.2 Å². The predicted octanol–water partition coefficient (Wildman–Crippen LogP) is 1.78. The normalized spacial score (nSPS) is 7.50. The van der Waals surface area contributed by atoms with Gasteiger partial charge in [-0.3, -0.25) is 4.98 Å².